The number of phenolic OH excluding ortho intramolecular Hbond substituents is 1. The molecule has 0 aliphatic rings. The van der Waals surface area contributed by atoms with E-state index in [2.05, 4.69) is 15.3 Å². The Labute approximate surface area is 170 Å². The molecule has 3 aromatic rings. The number of aromatic amines is 1. The van der Waals surface area contributed by atoms with Gasteiger partial charge in [0.25, 0.3) is 0 Å². The Bertz CT molecular complexity index is 1140. The maximum absolute atomic E-state index is 11.2. The quantitative estimate of drug-likeness (QED) is 0.261. The van der Waals surface area contributed by atoms with Gasteiger partial charge in [-0.3, -0.25) is 10.1 Å². The molecule has 11 heteroatoms. The van der Waals surface area contributed by atoms with Gasteiger partial charge >= 0.3 is 5.69 Å². The lowest BCUT2D eigenvalue weighted by Gasteiger charge is -2.09. The molecule has 10 nitrogen and oxygen atoms in total. The summed E-state index contributed by atoms with van der Waals surface area (Å²) in [5.41, 5.74) is 0.509. The average molecular weight is 415 g/mol. The molecule has 0 aliphatic carbocycles. The smallest absolute Gasteiger partial charge is 0.315 e. The van der Waals surface area contributed by atoms with Gasteiger partial charge in [-0.15, -0.1) is 0 Å². The molecule has 0 aliphatic heterocycles. The number of phenols is 1. The Morgan fingerprint density at radius 2 is 2.14 bits per heavy atom. The van der Waals surface area contributed by atoms with E-state index in [9.17, 15) is 15.2 Å². The van der Waals surface area contributed by atoms with Crippen LogP contribution in [0.25, 0.3) is 11.4 Å². The van der Waals surface area contributed by atoms with E-state index < -0.39 is 16.4 Å². The number of rotatable bonds is 7. The number of nitrogens with one attached hydrogen (secondary N) is 1. The summed E-state index contributed by atoms with van der Waals surface area (Å²) >= 11 is 5.25. The Morgan fingerprint density at radius 3 is 2.83 bits per heavy atom. The molecule has 0 fully saturated rings. The van der Waals surface area contributed by atoms with Crippen LogP contribution in [0.5, 0.6) is 17.2 Å². The van der Waals surface area contributed by atoms with Gasteiger partial charge in [0.1, 0.15) is 5.75 Å². The molecule has 0 amide bonds. The minimum atomic E-state index is -0.706. The number of ether oxygens (including phenoxy) is 2. The van der Waals surface area contributed by atoms with Gasteiger partial charge in [-0.25, -0.2) is 5.10 Å². The largest absolute Gasteiger partial charge is 0.500 e. The molecule has 150 valence electrons. The first-order chi connectivity index (χ1) is 14.0. The second-order valence-corrected chi connectivity index (χ2v) is 6.07. The molecule has 2 N–H and O–H groups in total. The number of benzene rings is 2. The summed E-state index contributed by atoms with van der Waals surface area (Å²) in [6.07, 6.45) is 1.35. The van der Waals surface area contributed by atoms with Crippen LogP contribution in [-0.4, -0.2) is 44.8 Å². The van der Waals surface area contributed by atoms with Crippen molar-refractivity contribution in [2.75, 3.05) is 13.7 Å². The Kier molecular flexibility index (Phi) is 5.88. The van der Waals surface area contributed by atoms with Crippen molar-refractivity contribution in [2.24, 2.45) is 5.10 Å². The Morgan fingerprint density at radius 1 is 1.38 bits per heavy atom. The van der Waals surface area contributed by atoms with Gasteiger partial charge in [-0.2, -0.15) is 14.9 Å². The predicted octanol–water partition coefficient (Wildman–Crippen LogP) is 3.51. The first-order valence-electron chi connectivity index (χ1n) is 8.45. The van der Waals surface area contributed by atoms with Crippen LogP contribution in [0.2, 0.25) is 0 Å². The zero-order chi connectivity index (χ0) is 21.0. The van der Waals surface area contributed by atoms with Crippen LogP contribution in [0.4, 0.5) is 5.69 Å². The molecule has 3 rings (SSSR count). The molecular weight excluding hydrogens is 398 g/mol. The van der Waals surface area contributed by atoms with Crippen LogP contribution in [-0.2, 0) is 0 Å². The number of H-pyrrole nitrogens is 1. The van der Waals surface area contributed by atoms with Gasteiger partial charge in [0, 0.05) is 11.6 Å². The number of hydrogen-bond donors (Lipinski definition) is 2. The summed E-state index contributed by atoms with van der Waals surface area (Å²) in [6.45, 7) is 2.35. The lowest BCUT2D eigenvalue weighted by molar-refractivity contribution is -0.386. The van der Waals surface area contributed by atoms with E-state index in [1.165, 1.54) is 30.1 Å². The fourth-order valence-electron chi connectivity index (χ4n) is 2.61. The summed E-state index contributed by atoms with van der Waals surface area (Å²) in [6, 6.07) is 9.89. The molecule has 29 heavy (non-hydrogen) atoms. The number of nitro benzene ring substituents is 1. The van der Waals surface area contributed by atoms with Gasteiger partial charge in [0.15, 0.2) is 11.6 Å². The van der Waals surface area contributed by atoms with E-state index in [0.717, 1.165) is 0 Å². The number of aromatic nitrogens is 3. The molecule has 1 aromatic heterocycles. The molecule has 0 radical (unpaired) electrons. The Hall–Kier alpha value is -3.73. The van der Waals surface area contributed by atoms with Crippen molar-refractivity contribution in [3.63, 3.8) is 0 Å². The van der Waals surface area contributed by atoms with Gasteiger partial charge in [0.2, 0.25) is 10.5 Å². The number of para-hydroxylation sites is 1. The molecule has 0 saturated heterocycles. The van der Waals surface area contributed by atoms with Crippen molar-refractivity contribution in [2.45, 2.75) is 6.92 Å². The second-order valence-electron chi connectivity index (χ2n) is 5.69. The van der Waals surface area contributed by atoms with Crippen LogP contribution in [0, 0.1) is 14.9 Å². The standard InChI is InChI=1S/C18H17N5O5S/c1-3-28-14-7-5-4-6-12(14)17-20-21-18(29)22(17)19-10-11-8-13(23(25)26)16(24)15(9-11)27-2/h4-10,24H,3H2,1-2H3,(H,21,29)/b19-10-. The summed E-state index contributed by atoms with van der Waals surface area (Å²) in [5.74, 6) is 0.428. The average Bonchev–Trinajstić information content (AvgIpc) is 3.08. The maximum Gasteiger partial charge on any atom is 0.315 e. The highest BCUT2D eigenvalue weighted by Crippen LogP contribution is 2.36. The normalized spacial score (nSPS) is 11.0. The van der Waals surface area contributed by atoms with E-state index in [-0.39, 0.29) is 10.5 Å². The molecule has 0 unspecified atom stereocenters. The number of nitrogens with zero attached hydrogens (tertiary/aromatic N) is 4. The molecule has 0 spiro atoms. The zero-order valence-corrected chi connectivity index (χ0v) is 16.3. The number of aromatic hydroxyl groups is 1. The van der Waals surface area contributed by atoms with Crippen molar-refractivity contribution < 1.29 is 19.5 Å². The van der Waals surface area contributed by atoms with Gasteiger partial charge in [-0.1, -0.05) is 12.1 Å². The van der Waals surface area contributed by atoms with Gasteiger partial charge < -0.3 is 14.6 Å². The van der Waals surface area contributed by atoms with E-state index in [1.54, 1.807) is 6.07 Å². The topological polar surface area (TPSA) is 128 Å². The summed E-state index contributed by atoms with van der Waals surface area (Å²) in [4.78, 5) is 10.5. The maximum atomic E-state index is 11.2. The minimum Gasteiger partial charge on any atom is -0.500 e. The van der Waals surface area contributed by atoms with Crippen LogP contribution in [0.3, 0.4) is 0 Å². The Balaban J connectivity index is 2.06. The lowest BCUT2D eigenvalue weighted by atomic mass is 10.2. The van der Waals surface area contributed by atoms with Crippen LogP contribution in [0.15, 0.2) is 41.5 Å². The third-order valence-corrected chi connectivity index (χ3v) is 4.16. The van der Waals surface area contributed by atoms with Gasteiger partial charge in [-0.05, 0) is 37.3 Å². The third kappa shape index (κ3) is 4.09. The number of methoxy groups -OCH3 is 1. The highest BCUT2D eigenvalue weighted by molar-refractivity contribution is 7.71. The molecule has 2 aromatic carbocycles. The van der Waals surface area contributed by atoms with Crippen molar-refractivity contribution in [1.29, 1.82) is 0 Å². The van der Waals surface area contributed by atoms with Crippen molar-refractivity contribution in [3.8, 4) is 28.6 Å². The van der Waals surface area contributed by atoms with Crippen LogP contribution >= 0.6 is 12.2 Å². The molecule has 0 saturated carbocycles. The monoisotopic (exact) mass is 415 g/mol. The first-order valence-corrected chi connectivity index (χ1v) is 8.86. The predicted molar refractivity (Wildman–Crippen MR) is 108 cm³/mol. The molecule has 1 heterocycles. The summed E-state index contributed by atoms with van der Waals surface area (Å²) < 4.78 is 12.2. The van der Waals surface area contributed by atoms with E-state index >= 15 is 0 Å². The number of nitro groups is 1. The van der Waals surface area contributed by atoms with Crippen LogP contribution < -0.4 is 9.47 Å². The van der Waals surface area contributed by atoms with E-state index in [1.807, 2.05) is 25.1 Å². The SMILES string of the molecule is CCOc1ccccc1-c1n[nH]c(=S)n1/N=C\c1cc(OC)c(O)c([N+](=O)[O-])c1. The molecular formula is C18H17N5O5S. The highest BCUT2D eigenvalue weighted by Gasteiger charge is 2.19. The third-order valence-electron chi connectivity index (χ3n) is 3.89. The van der Waals surface area contributed by atoms with Gasteiger partial charge in [0.05, 0.1) is 30.4 Å². The van der Waals surface area contributed by atoms with E-state index in [0.29, 0.717) is 29.3 Å². The van der Waals surface area contributed by atoms with Crippen LogP contribution in [0.1, 0.15) is 12.5 Å². The molecule has 0 atom stereocenters. The highest BCUT2D eigenvalue weighted by atomic mass is 32.1. The van der Waals surface area contributed by atoms with Crippen molar-refractivity contribution >= 4 is 24.1 Å². The zero-order valence-electron chi connectivity index (χ0n) is 15.5. The lowest BCUT2D eigenvalue weighted by Crippen LogP contribution is -1.99. The second kappa shape index (κ2) is 8.52. The summed E-state index contributed by atoms with van der Waals surface area (Å²) in [5, 5.41) is 32.2. The first kappa shape index (κ1) is 20.0. The van der Waals surface area contributed by atoms with Crippen molar-refractivity contribution in [3.05, 3.63) is 56.8 Å². The fraction of sp³-hybridized carbons (Fsp3) is 0.167. The molecule has 0 bridgehead atoms. The minimum absolute atomic E-state index is 0.0432. The number of hydrogen-bond acceptors (Lipinski definition) is 8. The van der Waals surface area contributed by atoms with Crippen molar-refractivity contribution in [1.82, 2.24) is 14.9 Å². The summed E-state index contributed by atoms with van der Waals surface area (Å²) in [7, 11) is 1.30. The van der Waals surface area contributed by atoms with E-state index in [4.69, 9.17) is 21.7 Å². The fourth-order valence-corrected chi connectivity index (χ4v) is 2.79.